The van der Waals surface area contributed by atoms with Gasteiger partial charge in [0, 0.05) is 31.2 Å². The highest BCUT2D eigenvalue weighted by Gasteiger charge is 2.10. The summed E-state index contributed by atoms with van der Waals surface area (Å²) >= 11 is 0. The molecule has 2 heterocycles. The zero-order chi connectivity index (χ0) is 14.1. The summed E-state index contributed by atoms with van der Waals surface area (Å²) in [4.78, 5) is 20.0. The van der Waals surface area contributed by atoms with Crippen molar-refractivity contribution in [2.75, 3.05) is 13.7 Å². The second-order valence-corrected chi connectivity index (χ2v) is 4.99. The fourth-order valence-electron chi connectivity index (χ4n) is 2.44. The molecule has 0 amide bonds. The number of nitrogens with one attached hydrogen (secondary N) is 1. The lowest BCUT2D eigenvalue weighted by Gasteiger charge is -2.04. The van der Waals surface area contributed by atoms with E-state index in [1.807, 2.05) is 19.1 Å². The van der Waals surface area contributed by atoms with Crippen molar-refractivity contribution < 1.29 is 4.74 Å². The number of hydrogen-bond acceptors (Lipinski definition) is 3. The molecular weight excluding hydrogens is 254 g/mol. The van der Waals surface area contributed by atoms with E-state index in [-0.39, 0.29) is 5.56 Å². The highest BCUT2D eigenvalue weighted by molar-refractivity contribution is 6.04. The van der Waals surface area contributed by atoms with Gasteiger partial charge in [0.2, 0.25) is 0 Å². The average molecular weight is 271 g/mol. The van der Waals surface area contributed by atoms with E-state index in [1.54, 1.807) is 18.0 Å². The molecule has 0 atom stereocenters. The van der Waals surface area contributed by atoms with E-state index in [1.165, 1.54) is 0 Å². The number of benzene rings is 1. The number of nitrogens with zero attached hydrogens (tertiary/aromatic N) is 2. The van der Waals surface area contributed by atoms with Crippen molar-refractivity contribution in [1.29, 1.82) is 0 Å². The molecule has 0 bridgehead atoms. The number of aryl methyl sites for hydroxylation is 2. The minimum atomic E-state index is -0.0278. The molecule has 5 heteroatoms. The Kier molecular flexibility index (Phi) is 3.28. The second kappa shape index (κ2) is 5.09. The fraction of sp³-hybridized carbons (Fsp3) is 0.333. The number of fused-ring (bicyclic) bond motifs is 3. The third kappa shape index (κ3) is 2.10. The van der Waals surface area contributed by atoms with Crippen LogP contribution in [0.25, 0.3) is 21.9 Å². The Hall–Kier alpha value is -2.14. The summed E-state index contributed by atoms with van der Waals surface area (Å²) in [5.74, 6) is 0. The van der Waals surface area contributed by atoms with Gasteiger partial charge in [0.25, 0.3) is 5.56 Å². The number of methoxy groups -OCH3 is 1. The van der Waals surface area contributed by atoms with Crippen LogP contribution in [0.2, 0.25) is 0 Å². The van der Waals surface area contributed by atoms with Crippen LogP contribution in [0, 0.1) is 6.92 Å². The Morgan fingerprint density at radius 3 is 3.05 bits per heavy atom. The summed E-state index contributed by atoms with van der Waals surface area (Å²) in [5.41, 5.74) is 3.40. The van der Waals surface area contributed by atoms with Gasteiger partial charge in [-0.15, -0.1) is 0 Å². The van der Waals surface area contributed by atoms with Crippen molar-refractivity contribution in [1.82, 2.24) is 14.5 Å². The number of H-pyrrole nitrogens is 1. The highest BCUT2D eigenvalue weighted by atomic mass is 16.5. The Bertz CT molecular complexity index is 817. The number of aromatic amines is 1. The summed E-state index contributed by atoms with van der Waals surface area (Å²) < 4.78 is 6.64. The van der Waals surface area contributed by atoms with Gasteiger partial charge in [0.15, 0.2) is 0 Å². The lowest BCUT2D eigenvalue weighted by molar-refractivity contribution is 0.190. The van der Waals surface area contributed by atoms with Crippen molar-refractivity contribution in [2.24, 2.45) is 0 Å². The normalized spacial score (nSPS) is 11.5. The van der Waals surface area contributed by atoms with Crippen LogP contribution in [0.15, 0.2) is 29.3 Å². The van der Waals surface area contributed by atoms with Crippen molar-refractivity contribution in [3.8, 4) is 0 Å². The summed E-state index contributed by atoms with van der Waals surface area (Å²) in [6.07, 6.45) is 2.42. The van der Waals surface area contributed by atoms with Crippen LogP contribution in [0.3, 0.4) is 0 Å². The van der Waals surface area contributed by atoms with Crippen LogP contribution >= 0.6 is 0 Å². The van der Waals surface area contributed by atoms with Crippen LogP contribution in [-0.2, 0) is 11.3 Å². The fourth-order valence-corrected chi connectivity index (χ4v) is 2.44. The predicted molar refractivity (Wildman–Crippen MR) is 79.1 cm³/mol. The molecule has 0 saturated carbocycles. The van der Waals surface area contributed by atoms with Gasteiger partial charge in [-0.1, -0.05) is 11.6 Å². The number of aromatic nitrogens is 3. The molecule has 0 aliphatic carbocycles. The molecule has 0 saturated heterocycles. The first-order valence-electron chi connectivity index (χ1n) is 6.67. The van der Waals surface area contributed by atoms with Crippen LogP contribution in [0.4, 0.5) is 0 Å². The second-order valence-electron chi connectivity index (χ2n) is 4.99. The molecule has 5 nitrogen and oxygen atoms in total. The van der Waals surface area contributed by atoms with E-state index in [4.69, 9.17) is 4.74 Å². The average Bonchev–Trinajstić information content (AvgIpc) is 2.80. The van der Waals surface area contributed by atoms with Crippen molar-refractivity contribution in [2.45, 2.75) is 19.9 Å². The number of rotatable bonds is 4. The summed E-state index contributed by atoms with van der Waals surface area (Å²) in [6, 6.07) is 6.06. The molecule has 0 aliphatic rings. The van der Waals surface area contributed by atoms with Crippen LogP contribution in [0.1, 0.15) is 12.0 Å². The minimum Gasteiger partial charge on any atom is -0.385 e. The maximum atomic E-state index is 12.4. The molecule has 1 N–H and O–H groups in total. The van der Waals surface area contributed by atoms with Crippen LogP contribution in [-0.4, -0.2) is 28.3 Å². The topological polar surface area (TPSA) is 59.9 Å². The quantitative estimate of drug-likeness (QED) is 0.740. The van der Waals surface area contributed by atoms with Gasteiger partial charge in [-0.05, 0) is 25.5 Å². The smallest absolute Gasteiger partial charge is 0.277 e. The zero-order valence-corrected chi connectivity index (χ0v) is 11.6. The van der Waals surface area contributed by atoms with Crippen molar-refractivity contribution >= 4 is 21.9 Å². The Morgan fingerprint density at radius 1 is 1.40 bits per heavy atom. The van der Waals surface area contributed by atoms with Gasteiger partial charge in [-0.3, -0.25) is 9.36 Å². The van der Waals surface area contributed by atoms with Gasteiger partial charge in [0.1, 0.15) is 11.0 Å². The van der Waals surface area contributed by atoms with Crippen molar-refractivity contribution in [3.63, 3.8) is 0 Å². The predicted octanol–water partition coefficient (Wildman–Crippen LogP) is 2.22. The summed E-state index contributed by atoms with van der Waals surface area (Å²) in [5, 5.41) is 1.00. The molecule has 3 rings (SSSR count). The molecule has 104 valence electrons. The molecule has 0 fully saturated rings. The summed E-state index contributed by atoms with van der Waals surface area (Å²) in [7, 11) is 1.66. The number of hydrogen-bond donors (Lipinski definition) is 1. The highest BCUT2D eigenvalue weighted by Crippen LogP contribution is 2.22. The molecule has 2 aromatic heterocycles. The first-order chi connectivity index (χ1) is 9.70. The zero-order valence-electron chi connectivity index (χ0n) is 11.6. The molecule has 0 spiro atoms. The lowest BCUT2D eigenvalue weighted by atomic mass is 10.2. The van der Waals surface area contributed by atoms with Crippen LogP contribution in [0.5, 0.6) is 0 Å². The molecule has 0 radical (unpaired) electrons. The van der Waals surface area contributed by atoms with Crippen molar-refractivity contribution in [3.05, 3.63) is 40.4 Å². The van der Waals surface area contributed by atoms with Gasteiger partial charge >= 0.3 is 0 Å². The first kappa shape index (κ1) is 12.9. The standard InChI is InChI=1S/C15H17N3O2/c1-10-4-5-12-11(8-10)13-14(17-12)15(19)18(9-16-13)6-3-7-20-2/h4-5,8-9,17H,3,6-7H2,1-2H3. The van der Waals surface area contributed by atoms with E-state index in [0.717, 1.165) is 28.4 Å². The third-order valence-electron chi connectivity index (χ3n) is 3.48. The molecule has 3 aromatic rings. The maximum Gasteiger partial charge on any atom is 0.277 e. The van der Waals surface area contributed by atoms with Gasteiger partial charge in [0.05, 0.1) is 6.33 Å². The van der Waals surface area contributed by atoms with Gasteiger partial charge < -0.3 is 9.72 Å². The summed E-state index contributed by atoms with van der Waals surface area (Å²) in [6.45, 7) is 3.28. The van der Waals surface area contributed by atoms with E-state index in [2.05, 4.69) is 16.0 Å². The molecule has 0 unspecified atom stereocenters. The van der Waals surface area contributed by atoms with Gasteiger partial charge in [-0.2, -0.15) is 0 Å². The van der Waals surface area contributed by atoms with Gasteiger partial charge in [-0.25, -0.2) is 4.98 Å². The lowest BCUT2D eigenvalue weighted by Crippen LogP contribution is -2.21. The van der Waals surface area contributed by atoms with E-state index < -0.39 is 0 Å². The molecular formula is C15H17N3O2. The van der Waals surface area contributed by atoms with E-state index in [9.17, 15) is 4.79 Å². The van der Waals surface area contributed by atoms with E-state index >= 15 is 0 Å². The Balaban J connectivity index is 2.13. The molecule has 20 heavy (non-hydrogen) atoms. The van der Waals surface area contributed by atoms with E-state index in [0.29, 0.717) is 18.7 Å². The minimum absolute atomic E-state index is 0.0278. The Morgan fingerprint density at radius 2 is 2.25 bits per heavy atom. The maximum absolute atomic E-state index is 12.4. The third-order valence-corrected chi connectivity index (χ3v) is 3.48. The molecule has 0 aliphatic heterocycles. The number of ether oxygens (including phenoxy) is 1. The Labute approximate surface area is 116 Å². The first-order valence-corrected chi connectivity index (χ1v) is 6.67. The largest absolute Gasteiger partial charge is 0.385 e. The monoisotopic (exact) mass is 271 g/mol. The van der Waals surface area contributed by atoms with Crippen LogP contribution < -0.4 is 5.56 Å². The molecule has 1 aromatic carbocycles. The SMILES string of the molecule is COCCCn1cnc2c([nH]c3ccc(C)cc32)c1=O.